The second-order valence-electron chi connectivity index (χ2n) is 4.79. The van der Waals surface area contributed by atoms with Crippen LogP contribution in [0.15, 0.2) is 49.1 Å². The van der Waals surface area contributed by atoms with Crippen LogP contribution >= 0.6 is 46.2 Å². The predicted octanol–water partition coefficient (Wildman–Crippen LogP) is 4.40. The van der Waals surface area contributed by atoms with Crippen LogP contribution in [0.3, 0.4) is 0 Å². The average Bonchev–Trinajstić information content (AvgIpc) is 3.41. The first kappa shape index (κ1) is 19.0. The van der Waals surface area contributed by atoms with Gasteiger partial charge >= 0.3 is 11.9 Å². The first-order valence-electron chi connectivity index (χ1n) is 7.19. The first-order chi connectivity index (χ1) is 12.6. The summed E-state index contributed by atoms with van der Waals surface area (Å²) in [7, 11) is 2.49. The largest absolute Gasteiger partial charge is 0.465 e. The van der Waals surface area contributed by atoms with E-state index in [1.165, 1.54) is 36.9 Å². The van der Waals surface area contributed by atoms with Gasteiger partial charge in [0.2, 0.25) is 5.78 Å². The molecule has 9 heteroatoms. The highest BCUT2D eigenvalue weighted by atomic mass is 32.2. The van der Waals surface area contributed by atoms with Crippen LogP contribution in [0.4, 0.5) is 0 Å². The Bertz CT molecular complexity index is 877. The molecule has 0 radical (unpaired) electrons. The zero-order chi connectivity index (χ0) is 18.7. The molecule has 134 valence electrons. The minimum absolute atomic E-state index is 0.132. The number of hydrogen-bond donors (Lipinski definition) is 0. The van der Waals surface area contributed by atoms with Gasteiger partial charge in [0.05, 0.1) is 28.9 Å². The molecule has 0 unspecified atom stereocenters. The van der Waals surface area contributed by atoms with Crippen molar-refractivity contribution in [3.63, 3.8) is 0 Å². The van der Waals surface area contributed by atoms with Gasteiger partial charge in [-0.25, -0.2) is 9.59 Å². The Kier molecular flexibility index (Phi) is 6.02. The Morgan fingerprint density at radius 1 is 0.808 bits per heavy atom. The third kappa shape index (κ3) is 3.66. The van der Waals surface area contributed by atoms with Crippen LogP contribution < -0.4 is 0 Å². The van der Waals surface area contributed by atoms with Gasteiger partial charge in [-0.05, 0) is 22.9 Å². The van der Waals surface area contributed by atoms with E-state index in [2.05, 4.69) is 0 Å². The number of hydrogen-bond acceptors (Lipinski definition) is 9. The molecule has 0 saturated carbocycles. The van der Waals surface area contributed by atoms with E-state index >= 15 is 0 Å². The highest BCUT2D eigenvalue weighted by molar-refractivity contribution is 8.29. The molecule has 0 atom stereocenters. The Hall–Kier alpha value is -1.81. The smallest absolute Gasteiger partial charge is 0.346 e. The fraction of sp³-hybridized carbons (Fsp3) is 0.118. The quantitative estimate of drug-likeness (QED) is 0.400. The van der Waals surface area contributed by atoms with Crippen LogP contribution in [0, 0.1) is 0 Å². The number of ether oxygens (including phenoxy) is 2. The zero-order valence-electron chi connectivity index (χ0n) is 13.6. The standard InChI is InChI=1S/C17H12O5S4/c1-21-15(19)13-14(16(20)22-2)26-17(25-13)11(9-5-3-7-23-9)12(18)10-6-4-8-24-10/h3-8H,1-2H3. The molecule has 5 nitrogen and oxygen atoms in total. The number of carbonyl (C=O) groups excluding carboxylic acids is 3. The minimum atomic E-state index is -0.632. The normalized spacial score (nSPS) is 13.7. The van der Waals surface area contributed by atoms with Gasteiger partial charge < -0.3 is 9.47 Å². The molecule has 3 heterocycles. The number of thioether (sulfide) groups is 2. The average molecular weight is 425 g/mol. The molecule has 26 heavy (non-hydrogen) atoms. The summed E-state index contributed by atoms with van der Waals surface area (Å²) in [6, 6.07) is 7.25. The van der Waals surface area contributed by atoms with Gasteiger partial charge in [-0.1, -0.05) is 35.7 Å². The number of allylic oxidation sites excluding steroid dienone is 1. The van der Waals surface area contributed by atoms with Crippen LogP contribution in [0.2, 0.25) is 0 Å². The van der Waals surface area contributed by atoms with E-state index in [-0.39, 0.29) is 15.6 Å². The third-order valence-electron chi connectivity index (χ3n) is 3.28. The fourth-order valence-electron chi connectivity index (χ4n) is 2.11. The number of methoxy groups -OCH3 is 2. The van der Waals surface area contributed by atoms with Crippen LogP contribution in [0.5, 0.6) is 0 Å². The summed E-state index contributed by atoms with van der Waals surface area (Å²) in [6.45, 7) is 0. The van der Waals surface area contributed by atoms with E-state index in [0.29, 0.717) is 14.7 Å². The summed E-state index contributed by atoms with van der Waals surface area (Å²) in [6.07, 6.45) is 0. The number of esters is 2. The molecule has 1 aliphatic rings. The maximum Gasteiger partial charge on any atom is 0.346 e. The van der Waals surface area contributed by atoms with E-state index < -0.39 is 11.9 Å². The highest BCUT2D eigenvalue weighted by Gasteiger charge is 2.36. The lowest BCUT2D eigenvalue weighted by molar-refractivity contribution is -0.138. The molecule has 1 aliphatic heterocycles. The van der Waals surface area contributed by atoms with Crippen LogP contribution in [-0.4, -0.2) is 31.9 Å². The summed E-state index contributed by atoms with van der Waals surface area (Å²) in [5.41, 5.74) is 0.470. The van der Waals surface area contributed by atoms with Crippen molar-refractivity contribution < 1.29 is 23.9 Å². The summed E-state index contributed by atoms with van der Waals surface area (Å²) in [5.74, 6) is -1.41. The Balaban J connectivity index is 2.09. The number of carbonyl (C=O) groups is 3. The molecule has 2 aromatic rings. The van der Waals surface area contributed by atoms with Crippen LogP contribution in [-0.2, 0) is 19.1 Å². The van der Waals surface area contributed by atoms with Crippen molar-refractivity contribution in [2.75, 3.05) is 14.2 Å². The van der Waals surface area contributed by atoms with Crippen molar-refractivity contribution in [2.45, 2.75) is 0 Å². The number of rotatable bonds is 5. The summed E-state index contributed by atoms with van der Waals surface area (Å²) >= 11 is 4.90. The number of ketones is 1. The molecule has 0 amide bonds. The molecule has 0 N–H and O–H groups in total. The Labute approximate surface area is 166 Å². The van der Waals surface area contributed by atoms with E-state index in [9.17, 15) is 14.4 Å². The van der Waals surface area contributed by atoms with Crippen molar-refractivity contribution in [1.29, 1.82) is 0 Å². The Morgan fingerprint density at radius 2 is 1.31 bits per heavy atom. The highest BCUT2D eigenvalue weighted by Crippen LogP contribution is 2.53. The summed E-state index contributed by atoms with van der Waals surface area (Å²) in [4.78, 5) is 38.8. The first-order valence-corrected chi connectivity index (χ1v) is 10.6. The fourth-order valence-corrected chi connectivity index (χ4v) is 6.27. The van der Waals surface area contributed by atoms with E-state index in [4.69, 9.17) is 9.47 Å². The molecule has 0 fully saturated rings. The lowest BCUT2D eigenvalue weighted by atomic mass is 10.1. The maximum atomic E-state index is 13.1. The molecule has 2 aromatic heterocycles. The topological polar surface area (TPSA) is 69.7 Å². The van der Waals surface area contributed by atoms with Gasteiger partial charge in [0, 0.05) is 4.88 Å². The summed E-state index contributed by atoms with van der Waals surface area (Å²) in [5, 5.41) is 3.70. The molecule has 3 rings (SSSR count). The van der Waals surface area contributed by atoms with Crippen molar-refractivity contribution in [3.05, 3.63) is 58.8 Å². The SMILES string of the molecule is COC(=O)C1=C(C(=O)OC)SC(=C(C(=O)c2cccs2)c2cccs2)S1. The van der Waals surface area contributed by atoms with Crippen LogP contribution in [0.1, 0.15) is 14.5 Å². The number of Topliss-reactive ketones (excluding diaryl/α,β-unsaturated/α-hetero) is 1. The predicted molar refractivity (Wildman–Crippen MR) is 106 cm³/mol. The molecular formula is C17H12O5S4. The van der Waals surface area contributed by atoms with Crippen molar-refractivity contribution >= 4 is 69.5 Å². The Morgan fingerprint density at radius 3 is 1.73 bits per heavy atom. The maximum absolute atomic E-state index is 13.1. The van der Waals surface area contributed by atoms with Crippen molar-refractivity contribution in [1.82, 2.24) is 0 Å². The lowest BCUT2D eigenvalue weighted by Crippen LogP contribution is -2.08. The molecule has 0 aromatic carbocycles. The molecular weight excluding hydrogens is 412 g/mol. The van der Waals surface area contributed by atoms with Gasteiger partial charge in [-0.3, -0.25) is 4.79 Å². The molecule has 0 saturated heterocycles. The van der Waals surface area contributed by atoms with Crippen molar-refractivity contribution in [2.24, 2.45) is 0 Å². The zero-order valence-corrected chi connectivity index (χ0v) is 16.9. The molecule has 0 bridgehead atoms. The van der Waals surface area contributed by atoms with E-state index in [0.717, 1.165) is 28.4 Å². The second kappa shape index (κ2) is 8.26. The van der Waals surface area contributed by atoms with Gasteiger partial charge in [0.25, 0.3) is 0 Å². The lowest BCUT2D eigenvalue weighted by Gasteiger charge is -2.07. The second-order valence-corrected chi connectivity index (χ2v) is 8.99. The monoisotopic (exact) mass is 424 g/mol. The van der Waals surface area contributed by atoms with Gasteiger partial charge in [-0.2, -0.15) is 0 Å². The molecule has 0 aliphatic carbocycles. The van der Waals surface area contributed by atoms with Crippen LogP contribution in [0.25, 0.3) is 5.57 Å². The minimum Gasteiger partial charge on any atom is -0.465 e. The van der Waals surface area contributed by atoms with E-state index in [1.54, 1.807) is 6.07 Å². The van der Waals surface area contributed by atoms with Gasteiger partial charge in [0.1, 0.15) is 9.81 Å². The number of thiophene rings is 2. The van der Waals surface area contributed by atoms with Crippen molar-refractivity contribution in [3.8, 4) is 0 Å². The van der Waals surface area contributed by atoms with E-state index in [1.807, 2.05) is 29.0 Å². The molecule has 0 spiro atoms. The third-order valence-corrected chi connectivity index (χ3v) is 7.60. The van der Waals surface area contributed by atoms with Gasteiger partial charge in [-0.15, -0.1) is 22.7 Å². The van der Waals surface area contributed by atoms with Gasteiger partial charge in [0.15, 0.2) is 0 Å². The summed E-state index contributed by atoms with van der Waals surface area (Å²) < 4.78 is 10.1.